The van der Waals surface area contributed by atoms with Gasteiger partial charge in [-0.15, -0.1) is 0 Å². The van der Waals surface area contributed by atoms with Gasteiger partial charge < -0.3 is 20.3 Å². The van der Waals surface area contributed by atoms with E-state index in [9.17, 15) is 13.9 Å². The quantitative estimate of drug-likeness (QED) is 0.782. The normalized spacial score (nSPS) is 26.0. The van der Waals surface area contributed by atoms with E-state index in [-0.39, 0.29) is 23.4 Å². The van der Waals surface area contributed by atoms with Crippen molar-refractivity contribution >= 4 is 0 Å². The Morgan fingerprint density at radius 1 is 1.24 bits per heavy atom. The fraction of sp³-hybridized carbons (Fsp3) is 0.667. The van der Waals surface area contributed by atoms with E-state index in [1.54, 1.807) is 12.1 Å². The van der Waals surface area contributed by atoms with E-state index < -0.39 is 6.61 Å². The zero-order valence-corrected chi connectivity index (χ0v) is 14.2. The number of benzene rings is 1. The van der Waals surface area contributed by atoms with Crippen molar-refractivity contribution in [3.63, 3.8) is 0 Å². The second-order valence-corrected chi connectivity index (χ2v) is 6.93. The SMILES string of the molecule is NCCO[C@@H]1C[C@H](O)C12CCN(Cc1ccc(OC(F)F)cc1)CC2. The highest BCUT2D eigenvalue weighted by Gasteiger charge is 2.55. The van der Waals surface area contributed by atoms with Crippen LogP contribution in [0.4, 0.5) is 8.78 Å². The number of aliphatic hydroxyl groups is 1. The summed E-state index contributed by atoms with van der Waals surface area (Å²) < 4.78 is 34.5. The molecule has 1 aromatic rings. The van der Waals surface area contributed by atoms with Crippen LogP contribution in [0.2, 0.25) is 0 Å². The fourth-order valence-corrected chi connectivity index (χ4v) is 3.99. The van der Waals surface area contributed by atoms with Crippen molar-refractivity contribution in [3.05, 3.63) is 29.8 Å². The van der Waals surface area contributed by atoms with Gasteiger partial charge in [0.25, 0.3) is 0 Å². The Labute approximate surface area is 146 Å². The number of hydrogen-bond acceptors (Lipinski definition) is 5. The molecule has 5 nitrogen and oxygen atoms in total. The molecule has 3 rings (SSSR count). The predicted octanol–water partition coefficient (Wildman–Crippen LogP) is 1.98. The molecule has 25 heavy (non-hydrogen) atoms. The Kier molecular flexibility index (Phi) is 5.89. The molecule has 3 N–H and O–H groups in total. The first-order valence-corrected chi connectivity index (χ1v) is 8.79. The molecule has 1 spiro atoms. The number of nitrogens with zero attached hydrogens (tertiary/aromatic N) is 1. The first-order chi connectivity index (χ1) is 12.0. The topological polar surface area (TPSA) is 68.0 Å². The number of hydrogen-bond donors (Lipinski definition) is 2. The molecule has 2 fully saturated rings. The number of rotatable bonds is 7. The molecule has 2 aliphatic rings. The van der Waals surface area contributed by atoms with Crippen molar-refractivity contribution in [2.24, 2.45) is 11.1 Å². The molecule has 1 aliphatic heterocycles. The number of piperidine rings is 1. The number of nitrogens with two attached hydrogens (primary N) is 1. The highest BCUT2D eigenvalue weighted by Crippen LogP contribution is 2.51. The van der Waals surface area contributed by atoms with Crippen LogP contribution in [0.15, 0.2) is 24.3 Å². The van der Waals surface area contributed by atoms with Crippen molar-refractivity contribution in [2.45, 2.75) is 44.6 Å². The zero-order valence-electron chi connectivity index (χ0n) is 14.2. The van der Waals surface area contributed by atoms with Crippen molar-refractivity contribution in [1.82, 2.24) is 4.90 Å². The molecule has 0 bridgehead atoms. The molecule has 1 aromatic carbocycles. The average Bonchev–Trinajstić information content (AvgIpc) is 2.60. The number of likely N-dealkylation sites (tertiary alicyclic amines) is 1. The Morgan fingerprint density at radius 2 is 1.92 bits per heavy atom. The summed E-state index contributed by atoms with van der Waals surface area (Å²) in [7, 11) is 0. The van der Waals surface area contributed by atoms with Crippen molar-refractivity contribution in [2.75, 3.05) is 26.2 Å². The number of ether oxygens (including phenoxy) is 2. The van der Waals surface area contributed by atoms with Crippen LogP contribution in [0.5, 0.6) is 5.75 Å². The van der Waals surface area contributed by atoms with Gasteiger partial charge in [0.1, 0.15) is 5.75 Å². The minimum atomic E-state index is -2.80. The highest BCUT2D eigenvalue weighted by molar-refractivity contribution is 5.27. The molecular weight excluding hydrogens is 330 g/mol. The maximum Gasteiger partial charge on any atom is 0.387 e. The minimum absolute atomic E-state index is 0.110. The third kappa shape index (κ3) is 4.11. The smallest absolute Gasteiger partial charge is 0.387 e. The van der Waals surface area contributed by atoms with E-state index in [4.69, 9.17) is 10.5 Å². The van der Waals surface area contributed by atoms with Gasteiger partial charge >= 0.3 is 6.61 Å². The van der Waals surface area contributed by atoms with Gasteiger partial charge in [0.2, 0.25) is 0 Å². The Balaban J connectivity index is 1.50. The summed E-state index contributed by atoms with van der Waals surface area (Å²) in [4.78, 5) is 2.32. The minimum Gasteiger partial charge on any atom is -0.435 e. The van der Waals surface area contributed by atoms with Crippen LogP contribution in [0.3, 0.4) is 0 Å². The lowest BCUT2D eigenvalue weighted by Crippen LogP contribution is -2.62. The summed E-state index contributed by atoms with van der Waals surface area (Å²) in [5.41, 5.74) is 6.44. The summed E-state index contributed by atoms with van der Waals surface area (Å²) in [5, 5.41) is 10.3. The van der Waals surface area contributed by atoms with Gasteiger partial charge in [-0.3, -0.25) is 4.90 Å². The van der Waals surface area contributed by atoms with E-state index in [1.807, 2.05) is 12.1 Å². The molecule has 1 saturated heterocycles. The average molecular weight is 356 g/mol. The third-order valence-electron chi connectivity index (χ3n) is 5.52. The molecule has 1 saturated carbocycles. The number of aliphatic hydroxyl groups excluding tert-OH is 1. The molecule has 2 atom stereocenters. The largest absolute Gasteiger partial charge is 0.435 e. The first-order valence-electron chi connectivity index (χ1n) is 8.79. The summed E-state index contributed by atoms with van der Waals surface area (Å²) in [6.07, 6.45) is 2.32. The van der Waals surface area contributed by atoms with E-state index in [2.05, 4.69) is 9.64 Å². The second kappa shape index (κ2) is 7.95. The highest BCUT2D eigenvalue weighted by atomic mass is 19.3. The summed E-state index contributed by atoms with van der Waals surface area (Å²) in [6, 6.07) is 6.76. The van der Waals surface area contributed by atoms with Crippen LogP contribution in [-0.4, -0.2) is 55.1 Å². The summed E-state index contributed by atoms with van der Waals surface area (Å²) in [6.45, 7) is 0.766. The van der Waals surface area contributed by atoms with Crippen molar-refractivity contribution in [1.29, 1.82) is 0 Å². The number of alkyl halides is 2. The second-order valence-electron chi connectivity index (χ2n) is 6.93. The Hall–Kier alpha value is -1.28. The molecule has 1 heterocycles. The van der Waals surface area contributed by atoms with Crippen LogP contribution < -0.4 is 10.5 Å². The molecule has 1 aliphatic carbocycles. The Morgan fingerprint density at radius 3 is 2.48 bits per heavy atom. The fourth-order valence-electron chi connectivity index (χ4n) is 3.99. The standard InChI is InChI=1S/C18H26F2N2O3/c19-17(20)25-14-3-1-13(2-4-14)12-22-8-5-18(6-9-22)15(23)11-16(18)24-10-7-21/h1-4,15-17,23H,5-12,21H2/t15-,16+/m0/s1. The monoisotopic (exact) mass is 356 g/mol. The molecule has 0 amide bonds. The maximum atomic E-state index is 12.2. The van der Waals surface area contributed by atoms with Crippen LogP contribution in [0.1, 0.15) is 24.8 Å². The van der Waals surface area contributed by atoms with Crippen LogP contribution >= 0.6 is 0 Å². The van der Waals surface area contributed by atoms with Crippen molar-refractivity contribution < 1.29 is 23.4 Å². The lowest BCUT2D eigenvalue weighted by atomic mass is 9.58. The lowest BCUT2D eigenvalue weighted by Gasteiger charge is -2.56. The van der Waals surface area contributed by atoms with Gasteiger partial charge in [0, 0.05) is 24.9 Å². The molecular formula is C18H26F2N2O3. The first kappa shape index (κ1) is 18.5. The van der Waals surface area contributed by atoms with Crippen LogP contribution in [-0.2, 0) is 11.3 Å². The molecule has 0 aromatic heterocycles. The van der Waals surface area contributed by atoms with Gasteiger partial charge in [0.15, 0.2) is 0 Å². The Bertz CT molecular complexity index is 548. The molecule has 7 heteroatoms. The zero-order chi connectivity index (χ0) is 17.9. The predicted molar refractivity (Wildman–Crippen MR) is 89.4 cm³/mol. The lowest BCUT2D eigenvalue weighted by molar-refractivity contribution is -0.210. The van der Waals surface area contributed by atoms with Gasteiger partial charge in [0.05, 0.1) is 18.8 Å². The molecule has 0 unspecified atom stereocenters. The van der Waals surface area contributed by atoms with E-state index in [0.29, 0.717) is 19.6 Å². The maximum absolute atomic E-state index is 12.2. The molecule has 140 valence electrons. The van der Waals surface area contributed by atoms with E-state index >= 15 is 0 Å². The van der Waals surface area contributed by atoms with Crippen LogP contribution in [0.25, 0.3) is 0 Å². The summed E-state index contributed by atoms with van der Waals surface area (Å²) >= 11 is 0. The van der Waals surface area contributed by atoms with Gasteiger partial charge in [-0.1, -0.05) is 12.1 Å². The number of halogens is 2. The van der Waals surface area contributed by atoms with E-state index in [0.717, 1.165) is 38.0 Å². The third-order valence-corrected chi connectivity index (χ3v) is 5.52. The van der Waals surface area contributed by atoms with E-state index in [1.165, 1.54) is 0 Å². The van der Waals surface area contributed by atoms with Crippen LogP contribution in [0, 0.1) is 5.41 Å². The van der Waals surface area contributed by atoms with Gasteiger partial charge in [-0.25, -0.2) is 0 Å². The van der Waals surface area contributed by atoms with Crippen molar-refractivity contribution in [3.8, 4) is 5.75 Å². The van der Waals surface area contributed by atoms with Gasteiger partial charge in [-0.05, 0) is 43.6 Å². The summed E-state index contributed by atoms with van der Waals surface area (Å²) in [5.74, 6) is 0.175. The molecule has 0 radical (unpaired) electrons. The van der Waals surface area contributed by atoms with Gasteiger partial charge in [-0.2, -0.15) is 8.78 Å².